The Morgan fingerprint density at radius 1 is 1.28 bits per heavy atom. The topological polar surface area (TPSA) is 80.0 Å². The third-order valence-electron chi connectivity index (χ3n) is 3.54. The van der Waals surface area contributed by atoms with Crippen LogP contribution >= 0.6 is 0 Å². The average Bonchev–Trinajstić information content (AvgIpc) is 2.40. The fraction of sp³-hybridized carbons (Fsp3) is 0.538. The molecule has 2 rings (SSSR count). The number of hydrogen-bond donors (Lipinski definition) is 3. The van der Waals surface area contributed by atoms with Crippen molar-refractivity contribution < 1.29 is 4.79 Å². The van der Waals surface area contributed by atoms with Gasteiger partial charge in [0.2, 0.25) is 5.91 Å². The summed E-state index contributed by atoms with van der Waals surface area (Å²) >= 11 is 0. The van der Waals surface area contributed by atoms with E-state index in [1.807, 2.05) is 13.1 Å². The molecule has 0 aromatic carbocycles. The number of anilines is 1. The fourth-order valence-electron chi connectivity index (χ4n) is 2.36. The van der Waals surface area contributed by atoms with E-state index in [9.17, 15) is 4.79 Å². The molecule has 1 aromatic rings. The van der Waals surface area contributed by atoms with Crippen LogP contribution in [0, 0.1) is 0 Å². The van der Waals surface area contributed by atoms with Crippen molar-refractivity contribution in [2.45, 2.75) is 37.8 Å². The molecule has 18 heavy (non-hydrogen) atoms. The first-order chi connectivity index (χ1) is 8.69. The summed E-state index contributed by atoms with van der Waals surface area (Å²) in [5, 5.41) is 6.71. The summed E-state index contributed by atoms with van der Waals surface area (Å²) in [5.41, 5.74) is 5.62. The number of pyridine rings is 1. The van der Waals surface area contributed by atoms with Crippen LogP contribution in [0.25, 0.3) is 0 Å². The molecule has 1 saturated carbocycles. The van der Waals surface area contributed by atoms with Crippen molar-refractivity contribution >= 4 is 11.7 Å². The minimum Gasteiger partial charge on any atom is -0.367 e. The van der Waals surface area contributed by atoms with Crippen molar-refractivity contribution in [1.82, 2.24) is 10.3 Å². The number of nitrogens with zero attached hydrogens (tertiary/aromatic N) is 1. The summed E-state index contributed by atoms with van der Waals surface area (Å²) in [6, 6.07) is 4.64. The Kier molecular flexibility index (Phi) is 4.15. The zero-order valence-electron chi connectivity index (χ0n) is 10.6. The van der Waals surface area contributed by atoms with E-state index in [-0.39, 0.29) is 0 Å². The van der Waals surface area contributed by atoms with Gasteiger partial charge in [0.25, 0.3) is 0 Å². The second-order valence-electron chi connectivity index (χ2n) is 4.78. The molecule has 1 aliphatic carbocycles. The predicted molar refractivity (Wildman–Crippen MR) is 71.5 cm³/mol. The normalized spacial score (nSPS) is 23.6. The van der Waals surface area contributed by atoms with Gasteiger partial charge in [-0.2, -0.15) is 0 Å². The van der Waals surface area contributed by atoms with E-state index in [4.69, 9.17) is 5.73 Å². The van der Waals surface area contributed by atoms with Crippen LogP contribution in [0.4, 0.5) is 5.82 Å². The number of rotatable bonds is 4. The molecule has 1 fully saturated rings. The molecule has 1 aliphatic rings. The lowest BCUT2D eigenvalue weighted by molar-refractivity contribution is 0.1000. The number of carbonyl (C=O) groups excluding carboxylic acids is 1. The molecule has 4 N–H and O–H groups in total. The van der Waals surface area contributed by atoms with E-state index < -0.39 is 5.91 Å². The minimum absolute atomic E-state index is 0.441. The van der Waals surface area contributed by atoms with Gasteiger partial charge in [0.15, 0.2) is 0 Å². The highest BCUT2D eigenvalue weighted by Crippen LogP contribution is 2.21. The molecule has 0 spiro atoms. The number of carbonyl (C=O) groups is 1. The van der Waals surface area contributed by atoms with Gasteiger partial charge in [0.1, 0.15) is 5.82 Å². The van der Waals surface area contributed by atoms with Gasteiger partial charge in [-0.25, -0.2) is 4.98 Å². The van der Waals surface area contributed by atoms with Gasteiger partial charge in [0.05, 0.1) is 5.56 Å². The highest BCUT2D eigenvalue weighted by atomic mass is 16.1. The van der Waals surface area contributed by atoms with Gasteiger partial charge in [-0.15, -0.1) is 0 Å². The third kappa shape index (κ3) is 3.20. The number of aromatic nitrogens is 1. The van der Waals surface area contributed by atoms with Crippen molar-refractivity contribution in [2.75, 3.05) is 12.4 Å². The van der Waals surface area contributed by atoms with Gasteiger partial charge in [-0.3, -0.25) is 4.79 Å². The highest BCUT2D eigenvalue weighted by Gasteiger charge is 2.19. The van der Waals surface area contributed by atoms with Crippen LogP contribution in [0.15, 0.2) is 18.3 Å². The van der Waals surface area contributed by atoms with E-state index in [1.165, 1.54) is 19.0 Å². The van der Waals surface area contributed by atoms with Crippen molar-refractivity contribution in [3.63, 3.8) is 0 Å². The van der Waals surface area contributed by atoms with E-state index in [0.717, 1.165) is 18.7 Å². The van der Waals surface area contributed by atoms with E-state index in [2.05, 4.69) is 15.6 Å². The molecule has 0 radical (unpaired) electrons. The summed E-state index contributed by atoms with van der Waals surface area (Å²) in [7, 11) is 2.02. The largest absolute Gasteiger partial charge is 0.367 e. The first kappa shape index (κ1) is 12.8. The van der Waals surface area contributed by atoms with Gasteiger partial charge in [-0.05, 0) is 44.9 Å². The van der Waals surface area contributed by atoms with Crippen LogP contribution in [0.5, 0.6) is 0 Å². The first-order valence-electron chi connectivity index (χ1n) is 6.38. The number of primary amides is 1. The average molecular weight is 248 g/mol. The Labute approximate surface area is 107 Å². The summed E-state index contributed by atoms with van der Waals surface area (Å²) in [6.07, 6.45) is 6.18. The Morgan fingerprint density at radius 3 is 2.44 bits per heavy atom. The molecule has 0 aliphatic heterocycles. The summed E-state index contributed by atoms with van der Waals surface area (Å²) in [6.45, 7) is 0. The summed E-state index contributed by atoms with van der Waals surface area (Å²) < 4.78 is 0. The van der Waals surface area contributed by atoms with Crippen molar-refractivity contribution in [2.24, 2.45) is 5.73 Å². The number of nitrogens with one attached hydrogen (secondary N) is 2. The second kappa shape index (κ2) is 5.82. The summed E-state index contributed by atoms with van der Waals surface area (Å²) in [5.74, 6) is 0.372. The SMILES string of the molecule is CNC1CCC(Nc2ccc(C(N)=O)cn2)CC1. The van der Waals surface area contributed by atoms with Crippen LogP contribution in [0.3, 0.4) is 0 Å². The quantitative estimate of drug-likeness (QED) is 0.746. The molecule has 0 saturated heterocycles. The molecule has 0 bridgehead atoms. The minimum atomic E-state index is -0.441. The van der Waals surface area contributed by atoms with Gasteiger partial charge in [-0.1, -0.05) is 0 Å². The fourth-order valence-corrected chi connectivity index (χ4v) is 2.36. The zero-order chi connectivity index (χ0) is 13.0. The standard InChI is InChI=1S/C13H20N4O/c1-15-10-3-5-11(6-4-10)17-12-7-2-9(8-16-12)13(14)18/h2,7-8,10-11,15H,3-6H2,1H3,(H2,14,18)(H,16,17). The van der Waals surface area contributed by atoms with Crippen LogP contribution in [-0.2, 0) is 0 Å². The molecular weight excluding hydrogens is 228 g/mol. The molecule has 98 valence electrons. The molecule has 5 heteroatoms. The van der Waals surface area contributed by atoms with Crippen LogP contribution in [-0.4, -0.2) is 30.0 Å². The first-order valence-corrected chi connectivity index (χ1v) is 6.38. The van der Waals surface area contributed by atoms with E-state index in [1.54, 1.807) is 6.07 Å². The molecule has 1 aromatic heterocycles. The molecule has 1 amide bonds. The number of nitrogens with two attached hydrogens (primary N) is 1. The predicted octanol–water partition coefficient (Wildman–Crippen LogP) is 1.12. The molecule has 1 heterocycles. The van der Waals surface area contributed by atoms with Gasteiger partial charge in [0, 0.05) is 18.3 Å². The Hall–Kier alpha value is -1.62. The molecule has 5 nitrogen and oxygen atoms in total. The molecule has 0 atom stereocenters. The number of amides is 1. The highest BCUT2D eigenvalue weighted by molar-refractivity contribution is 5.92. The maximum Gasteiger partial charge on any atom is 0.250 e. The maximum absolute atomic E-state index is 10.9. The lowest BCUT2D eigenvalue weighted by Crippen LogP contribution is -2.35. The van der Waals surface area contributed by atoms with Crippen molar-refractivity contribution in [1.29, 1.82) is 0 Å². The van der Waals surface area contributed by atoms with E-state index in [0.29, 0.717) is 17.6 Å². The monoisotopic (exact) mass is 248 g/mol. The van der Waals surface area contributed by atoms with Gasteiger partial charge < -0.3 is 16.4 Å². The summed E-state index contributed by atoms with van der Waals surface area (Å²) in [4.78, 5) is 15.1. The molecular formula is C13H20N4O. The Balaban J connectivity index is 1.88. The Morgan fingerprint density at radius 2 is 1.94 bits per heavy atom. The second-order valence-corrected chi connectivity index (χ2v) is 4.78. The third-order valence-corrected chi connectivity index (χ3v) is 3.54. The zero-order valence-corrected chi connectivity index (χ0v) is 10.6. The smallest absolute Gasteiger partial charge is 0.250 e. The van der Waals surface area contributed by atoms with Crippen LogP contribution < -0.4 is 16.4 Å². The van der Waals surface area contributed by atoms with Gasteiger partial charge >= 0.3 is 0 Å². The van der Waals surface area contributed by atoms with Crippen LogP contribution in [0.1, 0.15) is 36.0 Å². The lowest BCUT2D eigenvalue weighted by atomic mass is 9.91. The van der Waals surface area contributed by atoms with Crippen LogP contribution in [0.2, 0.25) is 0 Å². The molecule has 0 unspecified atom stereocenters. The van der Waals surface area contributed by atoms with Crippen molar-refractivity contribution in [3.8, 4) is 0 Å². The Bertz CT molecular complexity index is 396. The number of hydrogen-bond acceptors (Lipinski definition) is 4. The maximum atomic E-state index is 10.9. The lowest BCUT2D eigenvalue weighted by Gasteiger charge is -2.29. The van der Waals surface area contributed by atoms with E-state index >= 15 is 0 Å². The van der Waals surface area contributed by atoms with Crippen molar-refractivity contribution in [3.05, 3.63) is 23.9 Å².